The lowest BCUT2D eigenvalue weighted by molar-refractivity contribution is -0.153. The van der Waals surface area contributed by atoms with Gasteiger partial charge in [-0.05, 0) is 77.3 Å². The zero-order chi connectivity index (χ0) is 19.4. The number of aromatic nitrogens is 1. The number of carbonyl (C=O) groups is 1. The molecule has 0 aliphatic heterocycles. The second-order valence-electron chi connectivity index (χ2n) is 8.70. The molecule has 3 rings (SSSR count). The van der Waals surface area contributed by atoms with E-state index in [1.807, 2.05) is 20.8 Å². The molecule has 2 aromatic rings. The lowest BCUT2D eigenvalue weighted by Gasteiger charge is -2.18. The van der Waals surface area contributed by atoms with Gasteiger partial charge < -0.3 is 9.30 Å². The SMILES string of the molecule is Cc1c(-c2ccccc2)c2c(n1CCCCOC(=O)C(C)(C)C)CCCC2. The Morgan fingerprint density at radius 1 is 1.07 bits per heavy atom. The number of fused-ring (bicyclic) bond motifs is 1. The Balaban J connectivity index is 1.69. The first kappa shape index (κ1) is 19.7. The number of ether oxygens (including phenoxy) is 1. The Morgan fingerprint density at radius 2 is 1.78 bits per heavy atom. The van der Waals surface area contributed by atoms with E-state index in [1.165, 1.54) is 48.2 Å². The molecular weight excluding hydrogens is 334 g/mol. The predicted octanol–water partition coefficient (Wildman–Crippen LogP) is 5.71. The van der Waals surface area contributed by atoms with E-state index in [0.717, 1.165) is 19.4 Å². The third-order valence-electron chi connectivity index (χ3n) is 5.52. The second-order valence-corrected chi connectivity index (χ2v) is 8.70. The number of unbranched alkanes of at least 4 members (excludes halogenated alkanes) is 1. The van der Waals surface area contributed by atoms with Gasteiger partial charge in [0.2, 0.25) is 0 Å². The van der Waals surface area contributed by atoms with Gasteiger partial charge in [0.15, 0.2) is 0 Å². The first-order chi connectivity index (χ1) is 12.9. The van der Waals surface area contributed by atoms with Gasteiger partial charge >= 0.3 is 5.97 Å². The first-order valence-electron chi connectivity index (χ1n) is 10.3. The largest absolute Gasteiger partial charge is 0.465 e. The molecule has 0 saturated carbocycles. The molecule has 0 fully saturated rings. The van der Waals surface area contributed by atoms with Crippen LogP contribution in [-0.4, -0.2) is 17.1 Å². The predicted molar refractivity (Wildman–Crippen MR) is 111 cm³/mol. The van der Waals surface area contributed by atoms with Crippen molar-refractivity contribution < 1.29 is 9.53 Å². The Kier molecular flexibility index (Phi) is 6.08. The molecule has 146 valence electrons. The summed E-state index contributed by atoms with van der Waals surface area (Å²) in [7, 11) is 0. The average molecular weight is 368 g/mol. The molecular formula is C24H33NO2. The number of carbonyl (C=O) groups excluding carboxylic acids is 1. The van der Waals surface area contributed by atoms with E-state index >= 15 is 0 Å². The number of esters is 1. The average Bonchev–Trinajstić information content (AvgIpc) is 2.93. The molecule has 0 atom stereocenters. The number of benzene rings is 1. The summed E-state index contributed by atoms with van der Waals surface area (Å²) in [6.07, 6.45) is 6.90. The smallest absolute Gasteiger partial charge is 0.311 e. The minimum absolute atomic E-state index is 0.108. The monoisotopic (exact) mass is 367 g/mol. The normalized spacial score (nSPS) is 14.1. The van der Waals surface area contributed by atoms with E-state index in [2.05, 4.69) is 41.8 Å². The van der Waals surface area contributed by atoms with E-state index in [0.29, 0.717) is 6.61 Å². The summed E-state index contributed by atoms with van der Waals surface area (Å²) in [6, 6.07) is 10.8. The molecule has 0 bridgehead atoms. The molecule has 0 saturated heterocycles. The molecule has 3 nitrogen and oxygen atoms in total. The second kappa shape index (κ2) is 8.33. The number of nitrogens with zero attached hydrogens (tertiary/aromatic N) is 1. The maximum Gasteiger partial charge on any atom is 0.311 e. The summed E-state index contributed by atoms with van der Waals surface area (Å²) in [5.74, 6) is -0.108. The maximum atomic E-state index is 11.9. The van der Waals surface area contributed by atoms with Crippen molar-refractivity contribution in [1.29, 1.82) is 0 Å². The highest BCUT2D eigenvalue weighted by atomic mass is 16.5. The van der Waals surface area contributed by atoms with Gasteiger partial charge in [-0.25, -0.2) is 0 Å². The molecule has 1 aliphatic carbocycles. The van der Waals surface area contributed by atoms with Gasteiger partial charge in [0.05, 0.1) is 12.0 Å². The van der Waals surface area contributed by atoms with Crippen LogP contribution < -0.4 is 0 Å². The number of hydrogen-bond acceptors (Lipinski definition) is 2. The molecule has 0 spiro atoms. The molecule has 3 heteroatoms. The van der Waals surface area contributed by atoms with E-state index in [9.17, 15) is 4.79 Å². The van der Waals surface area contributed by atoms with Crippen LogP contribution in [0.2, 0.25) is 0 Å². The van der Waals surface area contributed by atoms with E-state index in [4.69, 9.17) is 4.74 Å². The Labute approximate surface area is 163 Å². The van der Waals surface area contributed by atoms with Crippen molar-refractivity contribution in [3.05, 3.63) is 47.3 Å². The fraction of sp³-hybridized carbons (Fsp3) is 0.542. The van der Waals surface area contributed by atoms with Crippen LogP contribution in [0.3, 0.4) is 0 Å². The molecule has 27 heavy (non-hydrogen) atoms. The molecule has 0 unspecified atom stereocenters. The highest BCUT2D eigenvalue weighted by molar-refractivity contribution is 5.75. The van der Waals surface area contributed by atoms with Crippen molar-refractivity contribution in [3.8, 4) is 11.1 Å². The van der Waals surface area contributed by atoms with Crippen LogP contribution in [0.15, 0.2) is 30.3 Å². The van der Waals surface area contributed by atoms with Crippen LogP contribution in [0, 0.1) is 12.3 Å². The molecule has 1 heterocycles. The van der Waals surface area contributed by atoms with Gasteiger partial charge in [-0.3, -0.25) is 4.79 Å². The highest BCUT2D eigenvalue weighted by Gasteiger charge is 2.24. The highest BCUT2D eigenvalue weighted by Crippen LogP contribution is 2.37. The summed E-state index contributed by atoms with van der Waals surface area (Å²) in [5, 5.41) is 0. The molecule has 1 aliphatic rings. The van der Waals surface area contributed by atoms with E-state index in [-0.39, 0.29) is 5.97 Å². The zero-order valence-corrected chi connectivity index (χ0v) is 17.3. The maximum absolute atomic E-state index is 11.9. The molecule has 1 aromatic carbocycles. The summed E-state index contributed by atoms with van der Waals surface area (Å²) >= 11 is 0. The van der Waals surface area contributed by atoms with Crippen molar-refractivity contribution in [3.63, 3.8) is 0 Å². The van der Waals surface area contributed by atoms with Crippen LogP contribution >= 0.6 is 0 Å². The van der Waals surface area contributed by atoms with Gasteiger partial charge in [0, 0.05) is 23.5 Å². The Morgan fingerprint density at radius 3 is 2.48 bits per heavy atom. The van der Waals surface area contributed by atoms with Gasteiger partial charge in [-0.2, -0.15) is 0 Å². The molecule has 1 aromatic heterocycles. The quantitative estimate of drug-likeness (QED) is 0.483. The molecule has 0 N–H and O–H groups in total. The summed E-state index contributed by atoms with van der Waals surface area (Å²) in [6.45, 7) is 9.49. The van der Waals surface area contributed by atoms with Gasteiger partial charge in [-0.15, -0.1) is 0 Å². The van der Waals surface area contributed by atoms with Crippen LogP contribution in [0.4, 0.5) is 0 Å². The van der Waals surface area contributed by atoms with Crippen molar-refractivity contribution in [1.82, 2.24) is 4.57 Å². The first-order valence-corrected chi connectivity index (χ1v) is 10.3. The topological polar surface area (TPSA) is 31.2 Å². The lowest BCUT2D eigenvalue weighted by atomic mass is 9.91. The molecule has 0 radical (unpaired) electrons. The van der Waals surface area contributed by atoms with Crippen molar-refractivity contribution in [2.24, 2.45) is 5.41 Å². The Hall–Kier alpha value is -2.03. The third kappa shape index (κ3) is 4.45. The third-order valence-corrected chi connectivity index (χ3v) is 5.52. The standard InChI is InChI=1S/C24H33NO2/c1-18-22(19-12-6-5-7-13-19)20-14-8-9-15-21(20)25(18)16-10-11-17-27-23(26)24(2,3)4/h5-7,12-13H,8-11,14-17H2,1-4H3. The minimum atomic E-state index is -0.416. The van der Waals surface area contributed by atoms with E-state index < -0.39 is 5.41 Å². The fourth-order valence-corrected chi connectivity index (χ4v) is 4.06. The van der Waals surface area contributed by atoms with Crippen molar-refractivity contribution in [2.75, 3.05) is 6.61 Å². The van der Waals surface area contributed by atoms with Crippen molar-refractivity contribution >= 4 is 5.97 Å². The van der Waals surface area contributed by atoms with Gasteiger partial charge in [0.1, 0.15) is 0 Å². The van der Waals surface area contributed by atoms with Gasteiger partial charge in [0.25, 0.3) is 0 Å². The number of rotatable bonds is 6. The minimum Gasteiger partial charge on any atom is -0.465 e. The van der Waals surface area contributed by atoms with Crippen LogP contribution in [0.1, 0.15) is 63.4 Å². The summed E-state index contributed by atoms with van der Waals surface area (Å²) < 4.78 is 7.94. The fourth-order valence-electron chi connectivity index (χ4n) is 4.06. The van der Waals surface area contributed by atoms with Crippen LogP contribution in [0.5, 0.6) is 0 Å². The van der Waals surface area contributed by atoms with Crippen LogP contribution in [0.25, 0.3) is 11.1 Å². The van der Waals surface area contributed by atoms with E-state index in [1.54, 1.807) is 5.56 Å². The van der Waals surface area contributed by atoms with Gasteiger partial charge in [-0.1, -0.05) is 30.3 Å². The lowest BCUT2D eigenvalue weighted by Crippen LogP contribution is -2.23. The molecule has 0 amide bonds. The Bertz CT molecular complexity index is 781. The van der Waals surface area contributed by atoms with Crippen LogP contribution in [-0.2, 0) is 28.9 Å². The summed E-state index contributed by atoms with van der Waals surface area (Å²) in [5.41, 5.74) is 6.85. The number of hydrogen-bond donors (Lipinski definition) is 0. The zero-order valence-electron chi connectivity index (χ0n) is 17.3. The summed E-state index contributed by atoms with van der Waals surface area (Å²) in [4.78, 5) is 11.9. The van der Waals surface area contributed by atoms with Crippen molar-refractivity contribution in [2.45, 2.75) is 72.8 Å².